The minimum absolute atomic E-state index is 0.0525. The summed E-state index contributed by atoms with van der Waals surface area (Å²) in [4.78, 5) is 77.8. The largest absolute Gasteiger partial charge is 0.449 e. The minimum Gasteiger partial charge on any atom is -0.449 e. The molecule has 2 N–H and O–H groups in total. The third-order valence-electron chi connectivity index (χ3n) is 8.75. The van der Waals surface area contributed by atoms with E-state index in [0.29, 0.717) is 31.3 Å². The van der Waals surface area contributed by atoms with E-state index >= 15 is 0 Å². The number of anilines is 1. The molecule has 1 atom stereocenters. The zero-order valence-corrected chi connectivity index (χ0v) is 23.0. The molecule has 4 aliphatic rings. The number of hydrogen-bond donors (Lipinski definition) is 2. The fourth-order valence-electron chi connectivity index (χ4n) is 6.28. The maximum absolute atomic E-state index is 13.1. The molecule has 214 valence electrons. The smallest absolute Gasteiger partial charge is 0.409 e. The zero-order valence-electron chi connectivity index (χ0n) is 23.0. The highest BCUT2D eigenvalue weighted by molar-refractivity contribution is 6.24. The van der Waals surface area contributed by atoms with Crippen LogP contribution in [-0.2, 0) is 19.1 Å². The molecule has 1 aromatic rings. The van der Waals surface area contributed by atoms with E-state index in [1.54, 1.807) is 11.0 Å². The molecule has 0 aromatic heterocycles. The van der Waals surface area contributed by atoms with Gasteiger partial charge in [0.15, 0.2) is 0 Å². The number of hydrogen-bond acceptors (Lipinski definition) is 7. The number of fused-ring (bicyclic) bond motifs is 1. The Labute approximate surface area is 233 Å². The van der Waals surface area contributed by atoms with Crippen LogP contribution in [0.15, 0.2) is 18.2 Å². The Morgan fingerprint density at radius 3 is 2.33 bits per heavy atom. The molecule has 6 amide bonds. The van der Waals surface area contributed by atoms with Gasteiger partial charge in [-0.3, -0.25) is 34.2 Å². The number of benzene rings is 1. The van der Waals surface area contributed by atoms with Gasteiger partial charge in [0.2, 0.25) is 17.7 Å². The number of ether oxygens (including phenoxy) is 1. The summed E-state index contributed by atoms with van der Waals surface area (Å²) in [5.74, 6) is -2.26. The van der Waals surface area contributed by atoms with Crippen molar-refractivity contribution in [2.45, 2.75) is 71.3 Å². The molecule has 3 fully saturated rings. The van der Waals surface area contributed by atoms with E-state index in [-0.39, 0.29) is 47.3 Å². The predicted molar refractivity (Wildman–Crippen MR) is 143 cm³/mol. The summed E-state index contributed by atoms with van der Waals surface area (Å²) >= 11 is 0. The van der Waals surface area contributed by atoms with Gasteiger partial charge >= 0.3 is 6.09 Å². The number of nitrogens with one attached hydrogen (secondary N) is 2. The summed E-state index contributed by atoms with van der Waals surface area (Å²) in [6.45, 7) is 5.78. The van der Waals surface area contributed by atoms with E-state index in [2.05, 4.69) is 10.6 Å². The number of piperidine rings is 2. The van der Waals surface area contributed by atoms with Crippen molar-refractivity contribution >= 4 is 41.3 Å². The third-order valence-corrected chi connectivity index (χ3v) is 8.75. The average molecular weight is 553 g/mol. The fourth-order valence-corrected chi connectivity index (χ4v) is 6.28. The highest BCUT2D eigenvalue weighted by atomic mass is 16.6. The molecule has 3 heterocycles. The van der Waals surface area contributed by atoms with Crippen LogP contribution >= 0.6 is 0 Å². The highest BCUT2D eigenvalue weighted by Gasteiger charge is 2.45. The second-order valence-corrected chi connectivity index (χ2v) is 11.9. The van der Waals surface area contributed by atoms with Gasteiger partial charge in [-0.15, -0.1) is 0 Å². The number of likely N-dealkylation sites (tertiary alicyclic amines) is 1. The van der Waals surface area contributed by atoms with Crippen molar-refractivity contribution < 1.29 is 33.5 Å². The third kappa shape index (κ3) is 5.46. The van der Waals surface area contributed by atoms with Gasteiger partial charge in [-0.2, -0.15) is 0 Å². The van der Waals surface area contributed by atoms with Gasteiger partial charge < -0.3 is 15.0 Å². The minimum atomic E-state index is -1.03. The van der Waals surface area contributed by atoms with Gasteiger partial charge in [-0.05, 0) is 74.5 Å². The molecular weight excluding hydrogens is 516 g/mol. The zero-order chi connectivity index (χ0) is 28.6. The molecule has 5 rings (SSSR count). The van der Waals surface area contributed by atoms with Crippen LogP contribution in [0.2, 0.25) is 0 Å². The molecule has 0 bridgehead atoms. The summed E-state index contributed by atoms with van der Waals surface area (Å²) < 4.78 is 5.37. The first-order chi connectivity index (χ1) is 19.1. The Balaban J connectivity index is 1.15. The normalized spacial score (nSPS) is 22.9. The summed E-state index contributed by atoms with van der Waals surface area (Å²) in [5.41, 5.74) is 0.870. The topological polar surface area (TPSA) is 142 Å². The molecule has 1 saturated carbocycles. The molecule has 11 nitrogen and oxygen atoms in total. The first-order valence-electron chi connectivity index (χ1n) is 14.1. The Morgan fingerprint density at radius 2 is 1.68 bits per heavy atom. The molecular formula is C29H36N4O7. The maximum atomic E-state index is 13.1. The number of carbonyl (C=O) groups excluding carboxylic acids is 6. The van der Waals surface area contributed by atoms with Crippen molar-refractivity contribution in [1.29, 1.82) is 0 Å². The Morgan fingerprint density at radius 1 is 1.00 bits per heavy atom. The van der Waals surface area contributed by atoms with Crippen LogP contribution in [0.4, 0.5) is 10.5 Å². The predicted octanol–water partition coefficient (Wildman–Crippen LogP) is 3.09. The van der Waals surface area contributed by atoms with Crippen molar-refractivity contribution in [2.75, 3.05) is 25.0 Å². The quantitative estimate of drug-likeness (QED) is 0.535. The van der Waals surface area contributed by atoms with E-state index in [4.69, 9.17) is 4.74 Å². The number of rotatable bonds is 5. The van der Waals surface area contributed by atoms with E-state index in [9.17, 15) is 28.8 Å². The lowest BCUT2D eigenvalue weighted by atomic mass is 9.65. The standard InChI is InChI=1S/C29H36N4O7/c1-17(2)16-40-28(39)32-13-11-29(12-14-32)9-7-18(8-10-29)24(35)30-19-3-4-20-21(15-19)27(38)33(26(20)37)22-5-6-23(34)31-25(22)36/h3-4,15,17-18,22H,5-14,16H2,1-2H3,(H,30,35)(H,31,34,36). The molecule has 1 aromatic carbocycles. The lowest BCUT2D eigenvalue weighted by molar-refractivity contribution is -0.136. The molecule has 1 unspecified atom stereocenters. The first kappa shape index (κ1) is 27.8. The second-order valence-electron chi connectivity index (χ2n) is 11.9. The Bertz CT molecular complexity index is 1240. The fraction of sp³-hybridized carbons (Fsp3) is 0.586. The number of imide groups is 2. The molecule has 0 radical (unpaired) electrons. The lowest BCUT2D eigenvalue weighted by Gasteiger charge is -2.45. The van der Waals surface area contributed by atoms with Gasteiger partial charge in [0.05, 0.1) is 17.7 Å². The van der Waals surface area contributed by atoms with Crippen molar-refractivity contribution in [3.8, 4) is 0 Å². The summed E-state index contributed by atoms with van der Waals surface area (Å²) in [6.07, 6.45) is 5.03. The molecule has 1 spiro atoms. The molecule has 11 heteroatoms. The van der Waals surface area contributed by atoms with Crippen LogP contribution in [-0.4, -0.2) is 71.2 Å². The molecule has 2 saturated heterocycles. The van der Waals surface area contributed by atoms with Crippen LogP contribution < -0.4 is 10.6 Å². The summed E-state index contributed by atoms with van der Waals surface area (Å²) in [5, 5.41) is 5.09. The van der Waals surface area contributed by atoms with Crippen molar-refractivity contribution in [2.24, 2.45) is 17.3 Å². The SMILES string of the molecule is CC(C)COC(=O)N1CCC2(CCC(C(=O)Nc3ccc4c(c3)C(=O)N(C3CCC(=O)NC3=O)C4=O)CC2)CC1. The lowest BCUT2D eigenvalue weighted by Crippen LogP contribution is -2.54. The van der Waals surface area contributed by atoms with E-state index in [1.807, 2.05) is 13.8 Å². The van der Waals surface area contributed by atoms with E-state index < -0.39 is 29.7 Å². The van der Waals surface area contributed by atoms with Crippen molar-refractivity contribution in [3.05, 3.63) is 29.3 Å². The van der Waals surface area contributed by atoms with Crippen molar-refractivity contribution in [1.82, 2.24) is 15.1 Å². The van der Waals surface area contributed by atoms with Gasteiger partial charge in [0.1, 0.15) is 6.04 Å². The van der Waals surface area contributed by atoms with E-state index in [0.717, 1.165) is 43.4 Å². The van der Waals surface area contributed by atoms with E-state index in [1.165, 1.54) is 12.1 Å². The average Bonchev–Trinajstić information content (AvgIpc) is 3.17. The number of nitrogens with zero attached hydrogens (tertiary/aromatic N) is 2. The summed E-state index contributed by atoms with van der Waals surface area (Å²) in [6, 6.07) is 3.54. The van der Waals surface area contributed by atoms with Crippen molar-refractivity contribution in [3.63, 3.8) is 0 Å². The van der Waals surface area contributed by atoms with Crippen LogP contribution in [0.25, 0.3) is 0 Å². The van der Waals surface area contributed by atoms with Crippen LogP contribution in [0.5, 0.6) is 0 Å². The van der Waals surface area contributed by atoms with Crippen LogP contribution in [0, 0.1) is 17.3 Å². The molecule has 3 aliphatic heterocycles. The Hall–Kier alpha value is -3.76. The van der Waals surface area contributed by atoms with Gasteiger partial charge in [-0.25, -0.2) is 4.79 Å². The van der Waals surface area contributed by atoms with Gasteiger partial charge in [0.25, 0.3) is 11.8 Å². The number of carbonyl (C=O) groups is 6. The monoisotopic (exact) mass is 552 g/mol. The highest BCUT2D eigenvalue weighted by Crippen LogP contribution is 2.46. The molecule has 1 aliphatic carbocycles. The second kappa shape index (κ2) is 11.0. The van der Waals surface area contributed by atoms with Crippen LogP contribution in [0.1, 0.15) is 85.9 Å². The molecule has 40 heavy (non-hydrogen) atoms. The Kier molecular flexibility index (Phi) is 7.65. The maximum Gasteiger partial charge on any atom is 0.409 e. The summed E-state index contributed by atoms with van der Waals surface area (Å²) in [7, 11) is 0. The number of amides is 6. The first-order valence-corrected chi connectivity index (χ1v) is 14.1. The van der Waals surface area contributed by atoms with Gasteiger partial charge in [-0.1, -0.05) is 13.8 Å². The van der Waals surface area contributed by atoms with Gasteiger partial charge in [0, 0.05) is 31.1 Å². The van der Waals surface area contributed by atoms with Crippen LogP contribution in [0.3, 0.4) is 0 Å².